The Kier molecular flexibility index (Phi) is 1.48. The van der Waals surface area contributed by atoms with Crippen LogP contribution >= 0.6 is 0 Å². The maximum absolute atomic E-state index is 10.3. The number of nitrogens with zero attached hydrogens (tertiary/aromatic N) is 1. The number of aromatic nitrogens is 1. The summed E-state index contributed by atoms with van der Waals surface area (Å²) >= 11 is 0. The smallest absolute Gasteiger partial charge is 0.197 e. The summed E-state index contributed by atoms with van der Waals surface area (Å²) in [6.07, 6.45) is 5.42. The second kappa shape index (κ2) is 2.73. The van der Waals surface area contributed by atoms with Crippen LogP contribution in [0.25, 0.3) is 0 Å². The Balaban J connectivity index is 1.73. The minimum atomic E-state index is 0.330. The molecule has 0 saturated heterocycles. The molecule has 0 aliphatic heterocycles. The van der Waals surface area contributed by atoms with Gasteiger partial charge in [0, 0.05) is 18.2 Å². The van der Waals surface area contributed by atoms with Crippen molar-refractivity contribution in [1.29, 1.82) is 0 Å². The minimum absolute atomic E-state index is 0.330. The third kappa shape index (κ3) is 0.799. The first-order valence-electron chi connectivity index (χ1n) is 7.29. The number of fused-ring (bicyclic) bond motifs is 12. The molecule has 96 valence electrons. The van der Waals surface area contributed by atoms with Gasteiger partial charge in [-0.05, 0) is 61.2 Å². The van der Waals surface area contributed by atoms with Crippen LogP contribution < -0.4 is 0 Å². The zero-order valence-corrected chi connectivity index (χ0v) is 10.6. The molecule has 0 amide bonds. The fraction of sp³-hybridized carbons (Fsp3) is 0.733. The Hall–Kier alpha value is -1.12. The fourth-order valence-corrected chi connectivity index (χ4v) is 6.22. The lowest BCUT2D eigenvalue weighted by atomic mass is 9.69. The van der Waals surface area contributed by atoms with Gasteiger partial charge in [-0.2, -0.15) is 0 Å². The summed E-state index contributed by atoms with van der Waals surface area (Å²) in [7, 11) is 1.77. The average Bonchev–Trinajstić information content (AvgIpc) is 3.11. The lowest BCUT2D eigenvalue weighted by Gasteiger charge is -2.34. The number of aromatic hydroxyl groups is 2. The highest BCUT2D eigenvalue weighted by molar-refractivity contribution is 5.56. The van der Waals surface area contributed by atoms with Gasteiger partial charge in [-0.25, -0.2) is 0 Å². The van der Waals surface area contributed by atoms with Gasteiger partial charge in [0.05, 0.1) is 0 Å². The molecule has 0 spiro atoms. The number of rotatable bonds is 0. The van der Waals surface area contributed by atoms with E-state index < -0.39 is 0 Å². The molecule has 3 saturated carbocycles. The van der Waals surface area contributed by atoms with Crippen LogP contribution in [-0.2, 0) is 7.05 Å². The van der Waals surface area contributed by atoms with Crippen LogP contribution in [0.2, 0.25) is 0 Å². The lowest BCUT2D eigenvalue weighted by Crippen LogP contribution is -2.26. The molecule has 4 bridgehead atoms. The van der Waals surface area contributed by atoms with Crippen LogP contribution in [0.5, 0.6) is 11.8 Å². The topological polar surface area (TPSA) is 45.4 Å². The van der Waals surface area contributed by atoms with Crippen LogP contribution in [0.15, 0.2) is 0 Å². The van der Waals surface area contributed by atoms with Crippen molar-refractivity contribution in [2.45, 2.75) is 37.5 Å². The van der Waals surface area contributed by atoms with Gasteiger partial charge >= 0.3 is 0 Å². The second-order valence-corrected chi connectivity index (χ2v) is 6.97. The molecule has 3 heteroatoms. The molecular formula is C15H19NO2. The highest BCUT2D eigenvalue weighted by Crippen LogP contribution is 2.73. The van der Waals surface area contributed by atoms with E-state index in [-0.39, 0.29) is 0 Å². The summed E-state index contributed by atoms with van der Waals surface area (Å²) in [6, 6.07) is 0. The van der Waals surface area contributed by atoms with Crippen LogP contribution in [0.4, 0.5) is 0 Å². The van der Waals surface area contributed by atoms with Crippen LogP contribution in [0.3, 0.4) is 0 Å². The first-order valence-corrected chi connectivity index (χ1v) is 7.29. The Morgan fingerprint density at radius 2 is 1.39 bits per heavy atom. The van der Waals surface area contributed by atoms with Crippen LogP contribution in [0, 0.1) is 23.7 Å². The Morgan fingerprint density at radius 3 is 1.89 bits per heavy atom. The van der Waals surface area contributed by atoms with Gasteiger partial charge in [0.1, 0.15) is 0 Å². The highest BCUT2D eigenvalue weighted by atomic mass is 16.3. The third-order valence-corrected chi connectivity index (χ3v) is 6.63. The minimum Gasteiger partial charge on any atom is -0.494 e. The monoisotopic (exact) mass is 245 g/mol. The summed E-state index contributed by atoms with van der Waals surface area (Å²) < 4.78 is 1.58. The van der Waals surface area contributed by atoms with E-state index in [0.29, 0.717) is 23.6 Å². The summed E-state index contributed by atoms with van der Waals surface area (Å²) in [5.41, 5.74) is 2.21. The third-order valence-electron chi connectivity index (χ3n) is 6.63. The van der Waals surface area contributed by atoms with Crippen LogP contribution in [0.1, 0.15) is 48.6 Å². The zero-order valence-electron chi connectivity index (χ0n) is 10.6. The van der Waals surface area contributed by atoms with E-state index in [0.717, 1.165) is 34.8 Å². The van der Waals surface area contributed by atoms with Gasteiger partial charge in [0.2, 0.25) is 0 Å². The van der Waals surface area contributed by atoms with Gasteiger partial charge in [-0.15, -0.1) is 0 Å². The van der Waals surface area contributed by atoms with E-state index in [1.54, 1.807) is 11.6 Å². The summed E-state index contributed by atoms with van der Waals surface area (Å²) in [6.45, 7) is 0. The maximum Gasteiger partial charge on any atom is 0.197 e. The van der Waals surface area contributed by atoms with Gasteiger partial charge < -0.3 is 10.2 Å². The Morgan fingerprint density at radius 1 is 0.889 bits per heavy atom. The van der Waals surface area contributed by atoms with Crippen molar-refractivity contribution < 1.29 is 10.2 Å². The summed E-state index contributed by atoms with van der Waals surface area (Å²) in [4.78, 5) is 0. The van der Waals surface area contributed by atoms with E-state index in [4.69, 9.17) is 0 Å². The molecule has 2 N–H and O–H groups in total. The van der Waals surface area contributed by atoms with Crippen molar-refractivity contribution in [1.82, 2.24) is 4.57 Å². The van der Waals surface area contributed by atoms with E-state index >= 15 is 0 Å². The predicted molar refractivity (Wildman–Crippen MR) is 66.7 cm³/mol. The van der Waals surface area contributed by atoms with E-state index in [2.05, 4.69) is 0 Å². The Bertz CT molecular complexity index is 516. The molecule has 18 heavy (non-hydrogen) atoms. The second-order valence-electron chi connectivity index (χ2n) is 6.97. The summed E-state index contributed by atoms with van der Waals surface area (Å²) in [5.74, 6) is 5.18. The molecule has 6 unspecified atom stereocenters. The molecule has 4 aliphatic carbocycles. The molecule has 1 heterocycles. The van der Waals surface area contributed by atoms with Gasteiger partial charge in [0.15, 0.2) is 11.8 Å². The normalized spacial score (nSPS) is 46.7. The van der Waals surface area contributed by atoms with Crippen molar-refractivity contribution in [2.75, 3.05) is 0 Å². The fourth-order valence-electron chi connectivity index (χ4n) is 6.22. The largest absolute Gasteiger partial charge is 0.494 e. The molecule has 5 rings (SSSR count). The highest BCUT2D eigenvalue weighted by Gasteiger charge is 2.63. The van der Waals surface area contributed by atoms with Crippen molar-refractivity contribution in [3.8, 4) is 11.8 Å². The molecule has 4 aliphatic rings. The summed E-state index contributed by atoms with van der Waals surface area (Å²) in [5, 5.41) is 20.5. The molecule has 3 fully saturated rings. The molecule has 3 nitrogen and oxygen atoms in total. The van der Waals surface area contributed by atoms with E-state index in [9.17, 15) is 10.2 Å². The van der Waals surface area contributed by atoms with Gasteiger partial charge in [0.25, 0.3) is 0 Å². The van der Waals surface area contributed by atoms with Gasteiger partial charge in [-0.1, -0.05) is 0 Å². The molecular weight excluding hydrogens is 226 g/mol. The molecule has 0 aromatic carbocycles. The van der Waals surface area contributed by atoms with Gasteiger partial charge in [-0.3, -0.25) is 4.57 Å². The number of hydrogen-bond donors (Lipinski definition) is 2. The molecule has 1 aromatic rings. The van der Waals surface area contributed by atoms with Crippen LogP contribution in [-0.4, -0.2) is 14.8 Å². The Labute approximate surface area is 106 Å². The maximum atomic E-state index is 10.3. The van der Waals surface area contributed by atoms with E-state index in [1.165, 1.54) is 25.7 Å². The van der Waals surface area contributed by atoms with Crippen molar-refractivity contribution >= 4 is 0 Å². The molecule has 6 atom stereocenters. The van der Waals surface area contributed by atoms with E-state index in [1.807, 2.05) is 0 Å². The zero-order chi connectivity index (χ0) is 12.2. The van der Waals surface area contributed by atoms with Crippen molar-refractivity contribution in [3.05, 3.63) is 11.1 Å². The first-order chi connectivity index (χ1) is 8.68. The quantitative estimate of drug-likeness (QED) is 0.690. The average molecular weight is 245 g/mol. The number of hydrogen-bond acceptors (Lipinski definition) is 2. The van der Waals surface area contributed by atoms with Crippen molar-refractivity contribution in [2.24, 2.45) is 30.7 Å². The lowest BCUT2D eigenvalue weighted by molar-refractivity contribution is 0.215. The van der Waals surface area contributed by atoms with Crippen molar-refractivity contribution in [3.63, 3.8) is 0 Å². The molecule has 0 radical (unpaired) electrons. The SMILES string of the molecule is Cn1c(O)c2c(c1O)C1CC2C2C3CCC(C3)C12. The first kappa shape index (κ1) is 9.76. The standard InChI is InChI=1S/C15H19NO2/c1-16-14(17)12-8-5-9(13(12)15(16)18)11-7-3-2-6(4-7)10(8)11/h6-11,17-18H,2-5H2,1H3. The predicted octanol–water partition coefficient (Wildman–Crippen LogP) is 2.68. The molecule has 1 aromatic heterocycles.